The Morgan fingerprint density at radius 1 is 1.50 bits per heavy atom. The lowest BCUT2D eigenvalue weighted by Crippen LogP contribution is -2.38. The van der Waals surface area contributed by atoms with Crippen molar-refractivity contribution in [2.24, 2.45) is 0 Å². The summed E-state index contributed by atoms with van der Waals surface area (Å²) in [5.41, 5.74) is -0.815. The number of hydrogen-bond acceptors (Lipinski definition) is 5. The summed E-state index contributed by atoms with van der Waals surface area (Å²) >= 11 is 0. The van der Waals surface area contributed by atoms with Gasteiger partial charge in [0.25, 0.3) is 5.56 Å². The van der Waals surface area contributed by atoms with E-state index in [0.717, 1.165) is 4.57 Å². The zero-order valence-electron chi connectivity index (χ0n) is 9.67. The van der Waals surface area contributed by atoms with Crippen molar-refractivity contribution in [3.63, 3.8) is 0 Å². The third-order valence-electron chi connectivity index (χ3n) is 2.33. The Morgan fingerprint density at radius 3 is 3.00 bits per heavy atom. The first-order chi connectivity index (χ1) is 8.63. The van der Waals surface area contributed by atoms with Crippen molar-refractivity contribution in [1.82, 2.24) is 14.5 Å². The summed E-state index contributed by atoms with van der Waals surface area (Å²) in [6, 6.07) is 3.17. The highest BCUT2D eigenvalue weighted by Gasteiger charge is 2.12. The average Bonchev–Trinajstić information content (AvgIpc) is 2.35. The van der Waals surface area contributed by atoms with Crippen LogP contribution in [0.4, 0.5) is 0 Å². The van der Waals surface area contributed by atoms with Gasteiger partial charge >= 0.3 is 11.7 Å². The summed E-state index contributed by atoms with van der Waals surface area (Å²) < 4.78 is 5.47. The van der Waals surface area contributed by atoms with Crippen LogP contribution in [-0.2, 0) is 16.1 Å². The first kappa shape index (κ1) is 12.0. The van der Waals surface area contributed by atoms with E-state index in [1.165, 1.54) is 6.20 Å². The minimum atomic E-state index is -0.659. The van der Waals surface area contributed by atoms with E-state index in [-0.39, 0.29) is 12.1 Å². The molecule has 0 amide bonds. The zero-order chi connectivity index (χ0) is 13.1. The molecule has 0 aromatic carbocycles. The number of fused-ring (bicyclic) bond motifs is 1. The molecule has 0 fully saturated rings. The summed E-state index contributed by atoms with van der Waals surface area (Å²) in [5, 5.41) is 0. The third kappa shape index (κ3) is 2.15. The number of carbonyl (C=O) groups excluding carboxylic acids is 1. The van der Waals surface area contributed by atoms with Crippen LogP contribution < -0.4 is 11.2 Å². The van der Waals surface area contributed by atoms with Crippen LogP contribution in [0.1, 0.15) is 6.92 Å². The Balaban J connectivity index is 2.55. The Labute approximate surface area is 101 Å². The summed E-state index contributed by atoms with van der Waals surface area (Å²) in [5.74, 6) is -0.639. The van der Waals surface area contributed by atoms with Crippen molar-refractivity contribution in [1.29, 1.82) is 0 Å². The molecule has 0 radical (unpaired) electrons. The molecule has 94 valence electrons. The van der Waals surface area contributed by atoms with Gasteiger partial charge in [0.1, 0.15) is 6.54 Å². The van der Waals surface area contributed by atoms with E-state index in [1.54, 1.807) is 19.1 Å². The number of rotatable bonds is 3. The predicted octanol–water partition coefficient (Wildman–Crippen LogP) is -0.352. The number of H-pyrrole nitrogens is 1. The molecular weight excluding hydrogens is 238 g/mol. The lowest BCUT2D eigenvalue weighted by atomic mass is 10.3. The van der Waals surface area contributed by atoms with Gasteiger partial charge in [-0.25, -0.2) is 14.3 Å². The highest BCUT2D eigenvalue weighted by atomic mass is 16.5. The first-order valence-corrected chi connectivity index (χ1v) is 5.37. The van der Waals surface area contributed by atoms with Gasteiger partial charge < -0.3 is 9.72 Å². The quantitative estimate of drug-likeness (QED) is 0.750. The number of carbonyl (C=O) groups is 1. The Kier molecular flexibility index (Phi) is 3.22. The SMILES string of the molecule is CCOC(=O)Cn1c(=O)[nH]c2cccnc2c1=O. The van der Waals surface area contributed by atoms with Gasteiger partial charge in [0.15, 0.2) is 5.52 Å². The molecule has 2 heterocycles. The average molecular weight is 249 g/mol. The van der Waals surface area contributed by atoms with Crippen molar-refractivity contribution >= 4 is 17.0 Å². The van der Waals surface area contributed by atoms with Crippen molar-refractivity contribution in [3.05, 3.63) is 39.2 Å². The maximum absolute atomic E-state index is 12.0. The van der Waals surface area contributed by atoms with Gasteiger partial charge in [-0.2, -0.15) is 0 Å². The highest BCUT2D eigenvalue weighted by Crippen LogP contribution is 1.98. The van der Waals surface area contributed by atoms with Gasteiger partial charge in [-0.3, -0.25) is 9.59 Å². The van der Waals surface area contributed by atoms with Crippen LogP contribution in [0.2, 0.25) is 0 Å². The van der Waals surface area contributed by atoms with Gasteiger partial charge in [0.2, 0.25) is 0 Å². The molecule has 0 aliphatic rings. The Bertz CT molecular complexity index is 701. The number of nitrogens with one attached hydrogen (secondary N) is 1. The third-order valence-corrected chi connectivity index (χ3v) is 2.33. The summed E-state index contributed by atoms with van der Waals surface area (Å²) in [7, 11) is 0. The molecule has 7 nitrogen and oxygen atoms in total. The molecule has 2 aromatic rings. The standard InChI is InChI=1S/C11H11N3O4/c1-2-18-8(15)6-14-10(16)9-7(13-11(14)17)4-3-5-12-9/h3-5H,2,6H2,1H3,(H,13,17). The smallest absolute Gasteiger partial charge is 0.329 e. The number of nitrogens with zero attached hydrogens (tertiary/aromatic N) is 2. The van der Waals surface area contributed by atoms with E-state index in [4.69, 9.17) is 4.74 Å². The second-order valence-corrected chi connectivity index (χ2v) is 3.53. The topological polar surface area (TPSA) is 94.1 Å². The van der Waals surface area contributed by atoms with E-state index < -0.39 is 23.8 Å². The molecule has 0 aliphatic heterocycles. The maximum Gasteiger partial charge on any atom is 0.329 e. The van der Waals surface area contributed by atoms with Crippen molar-refractivity contribution < 1.29 is 9.53 Å². The van der Waals surface area contributed by atoms with Gasteiger partial charge in [0.05, 0.1) is 12.1 Å². The minimum Gasteiger partial charge on any atom is -0.465 e. The molecular formula is C11H11N3O4. The van der Waals surface area contributed by atoms with Gasteiger partial charge in [-0.15, -0.1) is 0 Å². The predicted molar refractivity (Wildman–Crippen MR) is 63.3 cm³/mol. The van der Waals surface area contributed by atoms with Crippen LogP contribution in [0.3, 0.4) is 0 Å². The molecule has 0 bridgehead atoms. The summed E-state index contributed by atoms with van der Waals surface area (Å²) in [4.78, 5) is 41.3. The number of aromatic nitrogens is 3. The molecule has 0 spiro atoms. The van der Waals surface area contributed by atoms with Gasteiger partial charge in [-0.1, -0.05) is 0 Å². The first-order valence-electron chi connectivity index (χ1n) is 5.37. The Hall–Kier alpha value is -2.44. The van der Waals surface area contributed by atoms with Crippen LogP contribution in [0.15, 0.2) is 27.9 Å². The zero-order valence-corrected chi connectivity index (χ0v) is 9.67. The number of hydrogen-bond donors (Lipinski definition) is 1. The highest BCUT2D eigenvalue weighted by molar-refractivity contribution is 5.73. The van der Waals surface area contributed by atoms with Crippen molar-refractivity contribution in [3.8, 4) is 0 Å². The number of pyridine rings is 1. The fourth-order valence-electron chi connectivity index (χ4n) is 1.56. The van der Waals surface area contributed by atoms with E-state index in [1.807, 2.05) is 0 Å². The van der Waals surface area contributed by atoms with E-state index in [2.05, 4.69) is 9.97 Å². The molecule has 0 saturated heterocycles. The molecule has 0 aliphatic carbocycles. The molecule has 1 N–H and O–H groups in total. The maximum atomic E-state index is 12.0. The van der Waals surface area contributed by atoms with Crippen LogP contribution >= 0.6 is 0 Å². The van der Waals surface area contributed by atoms with Crippen molar-refractivity contribution in [2.45, 2.75) is 13.5 Å². The van der Waals surface area contributed by atoms with Crippen LogP contribution in [-0.4, -0.2) is 27.1 Å². The van der Waals surface area contributed by atoms with E-state index >= 15 is 0 Å². The fraction of sp³-hybridized carbons (Fsp3) is 0.273. The number of ether oxygens (including phenoxy) is 1. The second kappa shape index (κ2) is 4.82. The van der Waals surface area contributed by atoms with Gasteiger partial charge in [0, 0.05) is 6.20 Å². The monoisotopic (exact) mass is 249 g/mol. The van der Waals surface area contributed by atoms with Crippen LogP contribution in [0.5, 0.6) is 0 Å². The van der Waals surface area contributed by atoms with Gasteiger partial charge in [-0.05, 0) is 19.1 Å². The molecule has 18 heavy (non-hydrogen) atoms. The summed E-state index contributed by atoms with van der Waals surface area (Å²) in [6.07, 6.45) is 1.44. The minimum absolute atomic E-state index is 0.112. The fourth-order valence-corrected chi connectivity index (χ4v) is 1.56. The molecule has 2 aromatic heterocycles. The number of aromatic amines is 1. The largest absolute Gasteiger partial charge is 0.465 e. The molecule has 0 atom stereocenters. The molecule has 2 rings (SSSR count). The molecule has 7 heteroatoms. The normalized spacial score (nSPS) is 10.5. The van der Waals surface area contributed by atoms with E-state index in [0.29, 0.717) is 5.52 Å². The van der Waals surface area contributed by atoms with Crippen LogP contribution in [0.25, 0.3) is 11.0 Å². The van der Waals surface area contributed by atoms with Crippen molar-refractivity contribution in [2.75, 3.05) is 6.61 Å². The second-order valence-electron chi connectivity index (χ2n) is 3.53. The van der Waals surface area contributed by atoms with E-state index in [9.17, 15) is 14.4 Å². The summed E-state index contributed by atoms with van der Waals surface area (Å²) in [6.45, 7) is 1.42. The van der Waals surface area contributed by atoms with Crippen LogP contribution in [0, 0.1) is 0 Å². The Morgan fingerprint density at radius 2 is 2.28 bits per heavy atom. The lowest BCUT2D eigenvalue weighted by molar-refractivity contribution is -0.143. The molecule has 0 saturated carbocycles. The number of esters is 1. The molecule has 0 unspecified atom stereocenters. The lowest BCUT2D eigenvalue weighted by Gasteiger charge is -2.05.